The van der Waals surface area contributed by atoms with Crippen molar-refractivity contribution in [1.82, 2.24) is 4.90 Å². The van der Waals surface area contributed by atoms with Crippen LogP contribution < -0.4 is 14.8 Å². The monoisotopic (exact) mass is 412 g/mol. The standard InChI is InChI=1S/C18H18Cl2N2O3S/c1-24-15-5-3-4-14(16(15)25-2)21-18(23)22-8-9-26-17(22)11-6-7-12(19)13(20)10-11/h3-7,10,17H,8-9H2,1-2H3,(H,21,23)/t17-/m0/s1. The number of halogens is 2. The van der Waals surface area contributed by atoms with Crippen LogP contribution in [0.4, 0.5) is 10.5 Å². The summed E-state index contributed by atoms with van der Waals surface area (Å²) in [5.74, 6) is 1.89. The molecule has 0 unspecified atom stereocenters. The molecule has 2 aromatic carbocycles. The molecule has 1 heterocycles. The van der Waals surface area contributed by atoms with Crippen molar-refractivity contribution in [3.05, 3.63) is 52.0 Å². The van der Waals surface area contributed by atoms with E-state index in [0.717, 1.165) is 11.3 Å². The lowest BCUT2D eigenvalue weighted by molar-refractivity contribution is 0.214. The molecule has 2 amide bonds. The van der Waals surface area contributed by atoms with E-state index in [1.807, 2.05) is 6.07 Å². The third kappa shape index (κ3) is 3.82. The minimum absolute atomic E-state index is 0.124. The molecular weight excluding hydrogens is 395 g/mol. The number of hydrogen-bond acceptors (Lipinski definition) is 4. The van der Waals surface area contributed by atoms with Gasteiger partial charge < -0.3 is 19.7 Å². The SMILES string of the molecule is COc1cccc(NC(=O)N2CCS[C@H]2c2ccc(Cl)c(Cl)c2)c1OC. The van der Waals surface area contributed by atoms with E-state index in [-0.39, 0.29) is 11.4 Å². The summed E-state index contributed by atoms with van der Waals surface area (Å²) < 4.78 is 10.7. The number of urea groups is 1. The first kappa shape index (κ1) is 19.0. The molecule has 138 valence electrons. The highest BCUT2D eigenvalue weighted by atomic mass is 35.5. The van der Waals surface area contributed by atoms with Gasteiger partial charge in [0.1, 0.15) is 5.37 Å². The predicted octanol–water partition coefficient (Wildman–Crippen LogP) is 5.29. The van der Waals surface area contributed by atoms with E-state index in [0.29, 0.717) is 33.8 Å². The molecule has 8 heteroatoms. The summed E-state index contributed by atoms with van der Waals surface area (Å²) in [5.41, 5.74) is 1.50. The number of nitrogens with one attached hydrogen (secondary N) is 1. The van der Waals surface area contributed by atoms with E-state index in [1.54, 1.807) is 54.1 Å². The zero-order chi connectivity index (χ0) is 18.7. The zero-order valence-corrected chi connectivity index (χ0v) is 16.6. The van der Waals surface area contributed by atoms with Crippen LogP contribution in [0.25, 0.3) is 0 Å². The van der Waals surface area contributed by atoms with Gasteiger partial charge in [0.15, 0.2) is 11.5 Å². The van der Waals surface area contributed by atoms with Gasteiger partial charge in [0, 0.05) is 12.3 Å². The van der Waals surface area contributed by atoms with Gasteiger partial charge in [-0.2, -0.15) is 0 Å². The summed E-state index contributed by atoms with van der Waals surface area (Å²) >= 11 is 13.8. The summed E-state index contributed by atoms with van der Waals surface area (Å²) in [6, 6.07) is 10.6. The highest BCUT2D eigenvalue weighted by molar-refractivity contribution is 7.99. The number of methoxy groups -OCH3 is 2. The van der Waals surface area contributed by atoms with Crippen LogP contribution in [0, 0.1) is 0 Å². The number of ether oxygens (including phenoxy) is 2. The Hall–Kier alpha value is -1.76. The second-order valence-corrected chi connectivity index (χ2v) is 7.56. The van der Waals surface area contributed by atoms with E-state index >= 15 is 0 Å². The van der Waals surface area contributed by atoms with Crippen LogP contribution >= 0.6 is 35.0 Å². The second-order valence-electron chi connectivity index (χ2n) is 5.56. The van der Waals surface area contributed by atoms with Crippen molar-refractivity contribution in [2.45, 2.75) is 5.37 Å². The van der Waals surface area contributed by atoms with Gasteiger partial charge >= 0.3 is 6.03 Å². The Morgan fingerprint density at radius 3 is 2.69 bits per heavy atom. The Balaban J connectivity index is 1.82. The third-order valence-corrected chi connectivity index (χ3v) is 6.02. The van der Waals surface area contributed by atoms with Gasteiger partial charge in [0.25, 0.3) is 0 Å². The Labute approximate surface area is 166 Å². The Morgan fingerprint density at radius 1 is 1.19 bits per heavy atom. The van der Waals surface area contributed by atoms with Crippen LogP contribution in [-0.4, -0.2) is 37.4 Å². The summed E-state index contributed by atoms with van der Waals surface area (Å²) in [5, 5.41) is 3.76. The number of rotatable bonds is 4. The maximum Gasteiger partial charge on any atom is 0.323 e. The van der Waals surface area contributed by atoms with Crippen LogP contribution in [0.5, 0.6) is 11.5 Å². The van der Waals surface area contributed by atoms with E-state index in [2.05, 4.69) is 5.32 Å². The molecule has 0 saturated carbocycles. The van der Waals surface area contributed by atoms with Gasteiger partial charge in [-0.15, -0.1) is 11.8 Å². The first-order valence-electron chi connectivity index (χ1n) is 7.90. The first-order chi connectivity index (χ1) is 12.5. The number of amides is 2. The number of carbonyl (C=O) groups excluding carboxylic acids is 1. The van der Waals surface area contributed by atoms with Crippen LogP contribution in [0.1, 0.15) is 10.9 Å². The third-order valence-electron chi connectivity index (χ3n) is 4.03. The average molecular weight is 413 g/mol. The molecule has 3 rings (SSSR count). The van der Waals surface area contributed by atoms with Gasteiger partial charge in [-0.3, -0.25) is 0 Å². The van der Waals surface area contributed by atoms with Crippen LogP contribution in [0.2, 0.25) is 10.0 Å². The molecule has 1 aliphatic heterocycles. The topological polar surface area (TPSA) is 50.8 Å². The number of thioether (sulfide) groups is 1. The Morgan fingerprint density at radius 2 is 2.00 bits per heavy atom. The minimum atomic E-state index is -0.211. The number of hydrogen-bond donors (Lipinski definition) is 1. The van der Waals surface area contributed by atoms with Crippen molar-refractivity contribution in [2.24, 2.45) is 0 Å². The van der Waals surface area contributed by atoms with E-state index in [4.69, 9.17) is 32.7 Å². The van der Waals surface area contributed by atoms with E-state index < -0.39 is 0 Å². The maximum atomic E-state index is 12.9. The smallest absolute Gasteiger partial charge is 0.323 e. The molecular formula is C18H18Cl2N2O3S. The first-order valence-corrected chi connectivity index (χ1v) is 9.70. The van der Waals surface area contributed by atoms with E-state index in [9.17, 15) is 4.79 Å². The van der Waals surface area contributed by atoms with Gasteiger partial charge in [-0.25, -0.2) is 4.79 Å². The van der Waals surface area contributed by atoms with Gasteiger partial charge in [0.2, 0.25) is 0 Å². The molecule has 5 nitrogen and oxygen atoms in total. The summed E-state index contributed by atoms with van der Waals surface area (Å²) in [6.07, 6.45) is 0. The molecule has 1 N–H and O–H groups in total. The van der Waals surface area contributed by atoms with Gasteiger partial charge in [-0.1, -0.05) is 35.3 Å². The van der Waals surface area contributed by atoms with Crippen molar-refractivity contribution in [1.29, 1.82) is 0 Å². The highest BCUT2D eigenvalue weighted by Gasteiger charge is 2.31. The number of anilines is 1. The Kier molecular flexibility index (Phi) is 6.06. The van der Waals surface area contributed by atoms with Gasteiger partial charge in [-0.05, 0) is 29.8 Å². The molecule has 1 aliphatic rings. The van der Waals surface area contributed by atoms with Crippen molar-refractivity contribution >= 4 is 46.7 Å². The largest absolute Gasteiger partial charge is 0.493 e. The maximum absolute atomic E-state index is 12.9. The molecule has 0 aliphatic carbocycles. The molecule has 1 fully saturated rings. The van der Waals surface area contributed by atoms with E-state index in [1.165, 1.54) is 7.11 Å². The minimum Gasteiger partial charge on any atom is -0.493 e. The van der Waals surface area contributed by atoms with Crippen LogP contribution in [0.3, 0.4) is 0 Å². The van der Waals surface area contributed by atoms with Crippen LogP contribution in [-0.2, 0) is 0 Å². The fraction of sp³-hybridized carbons (Fsp3) is 0.278. The van der Waals surface area contributed by atoms with Crippen molar-refractivity contribution < 1.29 is 14.3 Å². The fourth-order valence-electron chi connectivity index (χ4n) is 2.79. The number of carbonyl (C=O) groups is 1. The van der Waals surface area contributed by atoms with Crippen molar-refractivity contribution in [2.75, 3.05) is 31.8 Å². The fourth-order valence-corrected chi connectivity index (χ4v) is 4.34. The van der Waals surface area contributed by atoms with Crippen LogP contribution in [0.15, 0.2) is 36.4 Å². The average Bonchev–Trinajstić information content (AvgIpc) is 3.13. The lowest BCUT2D eigenvalue weighted by Crippen LogP contribution is -2.34. The summed E-state index contributed by atoms with van der Waals surface area (Å²) in [7, 11) is 3.10. The molecule has 0 bridgehead atoms. The molecule has 1 atom stereocenters. The summed E-state index contributed by atoms with van der Waals surface area (Å²) in [4.78, 5) is 14.6. The Bertz CT molecular complexity index is 819. The lowest BCUT2D eigenvalue weighted by atomic mass is 10.2. The van der Waals surface area contributed by atoms with Crippen molar-refractivity contribution in [3.8, 4) is 11.5 Å². The quantitative estimate of drug-likeness (QED) is 0.740. The highest BCUT2D eigenvalue weighted by Crippen LogP contribution is 2.41. The number of para-hydroxylation sites is 1. The molecule has 1 saturated heterocycles. The second kappa shape index (κ2) is 8.29. The lowest BCUT2D eigenvalue weighted by Gasteiger charge is -2.25. The summed E-state index contributed by atoms with van der Waals surface area (Å²) in [6.45, 7) is 0.633. The molecule has 0 spiro atoms. The zero-order valence-electron chi connectivity index (χ0n) is 14.3. The number of nitrogens with zero attached hydrogens (tertiary/aromatic N) is 1. The predicted molar refractivity (Wildman–Crippen MR) is 107 cm³/mol. The number of benzene rings is 2. The van der Waals surface area contributed by atoms with Gasteiger partial charge in [0.05, 0.1) is 30.0 Å². The molecule has 2 aromatic rings. The normalized spacial score (nSPS) is 16.5. The molecule has 0 aromatic heterocycles. The molecule has 0 radical (unpaired) electrons. The van der Waals surface area contributed by atoms with Crippen molar-refractivity contribution in [3.63, 3.8) is 0 Å². The molecule has 26 heavy (non-hydrogen) atoms.